The van der Waals surface area contributed by atoms with Crippen molar-refractivity contribution in [3.8, 4) is 0 Å². The van der Waals surface area contributed by atoms with Crippen molar-refractivity contribution >= 4 is 11.9 Å². The van der Waals surface area contributed by atoms with Gasteiger partial charge in [-0.3, -0.25) is 14.9 Å². The number of nitrogens with one attached hydrogen (secondary N) is 2. The van der Waals surface area contributed by atoms with E-state index in [1.54, 1.807) is 6.92 Å². The molecule has 88 valence electrons. The molecule has 2 unspecified atom stereocenters. The zero-order valence-corrected chi connectivity index (χ0v) is 9.54. The Morgan fingerprint density at radius 1 is 1.40 bits per heavy atom. The lowest BCUT2D eigenvalue weighted by atomic mass is 10.1. The zero-order chi connectivity index (χ0) is 11.8. The SMILES string of the molecule is CCCCC(NC(C)C(=O)NC)C(=O)O. The molecule has 0 fully saturated rings. The Hall–Kier alpha value is -1.10. The summed E-state index contributed by atoms with van der Waals surface area (Å²) in [6.07, 6.45) is 2.33. The van der Waals surface area contributed by atoms with Crippen molar-refractivity contribution in [2.45, 2.75) is 45.2 Å². The van der Waals surface area contributed by atoms with E-state index in [1.807, 2.05) is 6.92 Å². The van der Waals surface area contributed by atoms with E-state index in [4.69, 9.17) is 5.11 Å². The molecule has 5 heteroatoms. The second-order valence-corrected chi connectivity index (χ2v) is 3.54. The maximum absolute atomic E-state index is 11.2. The molecule has 0 rings (SSSR count). The molecule has 0 spiro atoms. The first-order valence-corrected chi connectivity index (χ1v) is 5.23. The van der Waals surface area contributed by atoms with Crippen LogP contribution in [0.1, 0.15) is 33.1 Å². The van der Waals surface area contributed by atoms with Gasteiger partial charge in [-0.1, -0.05) is 19.8 Å². The minimum Gasteiger partial charge on any atom is -0.480 e. The fraction of sp³-hybridized carbons (Fsp3) is 0.800. The molecule has 0 saturated carbocycles. The third-order valence-electron chi connectivity index (χ3n) is 2.24. The Bertz CT molecular complexity index is 219. The Labute approximate surface area is 90.2 Å². The molecule has 1 amide bonds. The number of rotatable bonds is 7. The first kappa shape index (κ1) is 13.9. The zero-order valence-electron chi connectivity index (χ0n) is 9.54. The van der Waals surface area contributed by atoms with Gasteiger partial charge in [0, 0.05) is 7.05 Å². The topological polar surface area (TPSA) is 78.4 Å². The van der Waals surface area contributed by atoms with Crippen LogP contribution < -0.4 is 10.6 Å². The number of hydrogen-bond acceptors (Lipinski definition) is 3. The van der Waals surface area contributed by atoms with Crippen LogP contribution in [0.3, 0.4) is 0 Å². The fourth-order valence-corrected chi connectivity index (χ4v) is 1.28. The molecule has 0 bridgehead atoms. The maximum atomic E-state index is 11.2. The molecular formula is C10H20N2O3. The highest BCUT2D eigenvalue weighted by Crippen LogP contribution is 2.02. The highest BCUT2D eigenvalue weighted by molar-refractivity contribution is 5.82. The summed E-state index contributed by atoms with van der Waals surface area (Å²) in [6, 6.07) is -1.12. The van der Waals surface area contributed by atoms with Crippen LogP contribution in [0.4, 0.5) is 0 Å². The molecule has 15 heavy (non-hydrogen) atoms. The van der Waals surface area contributed by atoms with Gasteiger partial charge in [-0.05, 0) is 13.3 Å². The predicted octanol–water partition coefficient (Wildman–Crippen LogP) is 0.354. The van der Waals surface area contributed by atoms with E-state index in [0.29, 0.717) is 6.42 Å². The molecule has 3 N–H and O–H groups in total. The smallest absolute Gasteiger partial charge is 0.320 e. The van der Waals surface area contributed by atoms with Crippen molar-refractivity contribution in [3.63, 3.8) is 0 Å². The van der Waals surface area contributed by atoms with Gasteiger partial charge in [0.25, 0.3) is 0 Å². The van der Waals surface area contributed by atoms with Crippen LogP contribution in [-0.4, -0.2) is 36.1 Å². The van der Waals surface area contributed by atoms with Crippen LogP contribution in [0, 0.1) is 0 Å². The van der Waals surface area contributed by atoms with Crippen molar-refractivity contribution in [1.82, 2.24) is 10.6 Å². The number of carbonyl (C=O) groups is 2. The Morgan fingerprint density at radius 2 is 2.00 bits per heavy atom. The minimum absolute atomic E-state index is 0.197. The molecule has 0 aromatic rings. The monoisotopic (exact) mass is 216 g/mol. The second kappa shape index (κ2) is 7.23. The third kappa shape index (κ3) is 5.37. The van der Waals surface area contributed by atoms with E-state index in [0.717, 1.165) is 12.8 Å². The van der Waals surface area contributed by atoms with Crippen LogP contribution in [-0.2, 0) is 9.59 Å². The third-order valence-corrected chi connectivity index (χ3v) is 2.24. The lowest BCUT2D eigenvalue weighted by molar-refractivity contribution is -0.140. The van der Waals surface area contributed by atoms with E-state index >= 15 is 0 Å². The average molecular weight is 216 g/mol. The van der Waals surface area contributed by atoms with E-state index in [2.05, 4.69) is 10.6 Å². The molecule has 0 aliphatic rings. The van der Waals surface area contributed by atoms with Crippen molar-refractivity contribution in [3.05, 3.63) is 0 Å². The van der Waals surface area contributed by atoms with Crippen LogP contribution in [0.25, 0.3) is 0 Å². The van der Waals surface area contributed by atoms with Crippen LogP contribution >= 0.6 is 0 Å². The molecule has 2 atom stereocenters. The minimum atomic E-state index is -0.904. The van der Waals surface area contributed by atoms with Gasteiger partial charge in [-0.25, -0.2) is 0 Å². The number of amides is 1. The molecular weight excluding hydrogens is 196 g/mol. The molecule has 0 heterocycles. The first-order valence-electron chi connectivity index (χ1n) is 5.23. The highest BCUT2D eigenvalue weighted by Gasteiger charge is 2.21. The van der Waals surface area contributed by atoms with Crippen molar-refractivity contribution in [2.24, 2.45) is 0 Å². The average Bonchev–Trinajstić information content (AvgIpc) is 2.22. The van der Waals surface area contributed by atoms with E-state index in [-0.39, 0.29) is 5.91 Å². The van der Waals surface area contributed by atoms with Gasteiger partial charge < -0.3 is 10.4 Å². The summed E-state index contributed by atoms with van der Waals surface area (Å²) in [5.41, 5.74) is 0. The summed E-state index contributed by atoms with van der Waals surface area (Å²) in [5.74, 6) is -1.10. The summed E-state index contributed by atoms with van der Waals surface area (Å²) < 4.78 is 0. The second-order valence-electron chi connectivity index (χ2n) is 3.54. The van der Waals surface area contributed by atoms with E-state index < -0.39 is 18.1 Å². The lowest BCUT2D eigenvalue weighted by Crippen LogP contribution is -2.48. The van der Waals surface area contributed by atoms with Crippen LogP contribution in [0.15, 0.2) is 0 Å². The van der Waals surface area contributed by atoms with Gasteiger partial charge in [0.15, 0.2) is 0 Å². The Kier molecular flexibility index (Phi) is 6.70. The number of carbonyl (C=O) groups excluding carboxylic acids is 1. The van der Waals surface area contributed by atoms with Crippen molar-refractivity contribution in [1.29, 1.82) is 0 Å². The van der Waals surface area contributed by atoms with Crippen molar-refractivity contribution < 1.29 is 14.7 Å². The normalized spacial score (nSPS) is 14.3. The number of likely N-dealkylation sites (N-methyl/N-ethyl adjacent to an activating group) is 1. The molecule has 0 aliphatic carbocycles. The number of carboxylic acid groups (broad SMARTS) is 1. The first-order chi connectivity index (χ1) is 7.02. The van der Waals surface area contributed by atoms with Crippen LogP contribution in [0.2, 0.25) is 0 Å². The Balaban J connectivity index is 4.15. The summed E-state index contributed by atoms with van der Waals surface area (Å²) in [6.45, 7) is 3.65. The summed E-state index contributed by atoms with van der Waals surface area (Å²) >= 11 is 0. The molecule has 0 aromatic heterocycles. The van der Waals surface area contributed by atoms with Gasteiger partial charge >= 0.3 is 5.97 Å². The quantitative estimate of drug-likeness (QED) is 0.574. The standard InChI is InChI=1S/C10H20N2O3/c1-4-5-6-8(10(14)15)12-7(2)9(13)11-3/h7-8,12H,4-6H2,1-3H3,(H,11,13)(H,14,15). The lowest BCUT2D eigenvalue weighted by Gasteiger charge is -2.18. The Morgan fingerprint density at radius 3 is 2.40 bits per heavy atom. The number of carboxylic acids is 1. The molecule has 0 radical (unpaired) electrons. The van der Waals surface area contributed by atoms with Crippen molar-refractivity contribution in [2.75, 3.05) is 7.05 Å². The van der Waals surface area contributed by atoms with Gasteiger partial charge in [-0.15, -0.1) is 0 Å². The van der Waals surface area contributed by atoms with E-state index in [1.165, 1.54) is 7.05 Å². The predicted molar refractivity (Wildman–Crippen MR) is 57.6 cm³/mol. The summed E-state index contributed by atoms with van der Waals surface area (Å²) in [4.78, 5) is 22.0. The number of hydrogen-bond donors (Lipinski definition) is 3. The molecule has 0 saturated heterocycles. The van der Waals surface area contributed by atoms with Gasteiger partial charge in [0.05, 0.1) is 6.04 Å². The van der Waals surface area contributed by atoms with Gasteiger partial charge in [0.1, 0.15) is 6.04 Å². The van der Waals surface area contributed by atoms with E-state index in [9.17, 15) is 9.59 Å². The summed E-state index contributed by atoms with van der Waals surface area (Å²) in [7, 11) is 1.53. The molecule has 5 nitrogen and oxygen atoms in total. The summed E-state index contributed by atoms with van der Waals surface area (Å²) in [5, 5.41) is 14.2. The molecule has 0 aromatic carbocycles. The highest BCUT2D eigenvalue weighted by atomic mass is 16.4. The number of aliphatic carboxylic acids is 1. The fourth-order valence-electron chi connectivity index (χ4n) is 1.28. The van der Waals surface area contributed by atoms with Crippen LogP contribution in [0.5, 0.6) is 0 Å². The van der Waals surface area contributed by atoms with Gasteiger partial charge in [-0.2, -0.15) is 0 Å². The van der Waals surface area contributed by atoms with Gasteiger partial charge in [0.2, 0.25) is 5.91 Å². The largest absolute Gasteiger partial charge is 0.480 e. The number of unbranched alkanes of at least 4 members (excludes halogenated alkanes) is 1. The maximum Gasteiger partial charge on any atom is 0.320 e. The molecule has 0 aliphatic heterocycles.